The maximum absolute atomic E-state index is 12.0. The van der Waals surface area contributed by atoms with Crippen molar-refractivity contribution in [1.82, 2.24) is 0 Å². The lowest BCUT2D eigenvalue weighted by atomic mass is 10.1. The molecule has 0 radical (unpaired) electrons. The molecule has 100 valence electrons. The summed E-state index contributed by atoms with van der Waals surface area (Å²) in [5.74, 6) is 0.0733. The van der Waals surface area contributed by atoms with Gasteiger partial charge in [-0.3, -0.25) is 4.79 Å². The third-order valence-corrected chi connectivity index (χ3v) is 3.04. The van der Waals surface area contributed by atoms with Gasteiger partial charge in [-0.05, 0) is 13.3 Å². The van der Waals surface area contributed by atoms with E-state index >= 15 is 0 Å². The van der Waals surface area contributed by atoms with Gasteiger partial charge in [-0.15, -0.1) is 0 Å². The molecule has 0 spiro atoms. The number of carbonyl (C=O) groups is 1. The number of Topliss-reactive ketones (excluding diaryl/α,β-unsaturated/α-hetero) is 1. The van der Waals surface area contributed by atoms with Gasteiger partial charge in [-0.1, -0.05) is 62.9 Å². The Bertz CT molecular complexity index is 332. The number of hydrogen-bond acceptors (Lipinski definition) is 2. The summed E-state index contributed by atoms with van der Waals surface area (Å²) in [6.45, 7) is 4.72. The van der Waals surface area contributed by atoms with Crippen LogP contribution in [-0.2, 0) is 4.74 Å². The molecule has 0 heterocycles. The fourth-order valence-electron chi connectivity index (χ4n) is 1.88. The van der Waals surface area contributed by atoms with Gasteiger partial charge >= 0.3 is 0 Å². The SMILES string of the molecule is CCCCCCCOC(C)C(=O)c1ccccc1. The van der Waals surface area contributed by atoms with Crippen LogP contribution in [0.4, 0.5) is 0 Å². The van der Waals surface area contributed by atoms with Crippen molar-refractivity contribution in [3.63, 3.8) is 0 Å². The van der Waals surface area contributed by atoms with Crippen LogP contribution in [0.25, 0.3) is 0 Å². The van der Waals surface area contributed by atoms with Crippen molar-refractivity contribution in [2.24, 2.45) is 0 Å². The highest BCUT2D eigenvalue weighted by atomic mass is 16.5. The number of rotatable bonds is 9. The highest BCUT2D eigenvalue weighted by Crippen LogP contribution is 2.08. The summed E-state index contributed by atoms with van der Waals surface area (Å²) in [5.41, 5.74) is 0.732. The van der Waals surface area contributed by atoms with E-state index in [1.165, 1.54) is 25.7 Å². The first-order chi connectivity index (χ1) is 8.75. The van der Waals surface area contributed by atoms with E-state index in [0.29, 0.717) is 6.61 Å². The van der Waals surface area contributed by atoms with E-state index in [1.807, 2.05) is 37.3 Å². The summed E-state index contributed by atoms with van der Waals surface area (Å²) in [5, 5.41) is 0. The number of unbranched alkanes of at least 4 members (excludes halogenated alkanes) is 4. The predicted octanol–water partition coefficient (Wildman–Crippen LogP) is 4.24. The van der Waals surface area contributed by atoms with Gasteiger partial charge in [0.15, 0.2) is 5.78 Å². The van der Waals surface area contributed by atoms with Crippen molar-refractivity contribution < 1.29 is 9.53 Å². The van der Waals surface area contributed by atoms with Crippen molar-refractivity contribution in [2.45, 2.75) is 52.1 Å². The average molecular weight is 248 g/mol. The fourth-order valence-corrected chi connectivity index (χ4v) is 1.88. The molecule has 0 saturated carbocycles. The highest BCUT2D eigenvalue weighted by Gasteiger charge is 2.14. The lowest BCUT2D eigenvalue weighted by Crippen LogP contribution is -2.21. The van der Waals surface area contributed by atoms with E-state index in [-0.39, 0.29) is 11.9 Å². The van der Waals surface area contributed by atoms with Gasteiger partial charge in [0.25, 0.3) is 0 Å². The van der Waals surface area contributed by atoms with Crippen molar-refractivity contribution in [1.29, 1.82) is 0 Å². The second kappa shape index (κ2) is 8.87. The third-order valence-electron chi connectivity index (χ3n) is 3.04. The fraction of sp³-hybridized carbons (Fsp3) is 0.562. The van der Waals surface area contributed by atoms with Gasteiger partial charge in [0.05, 0.1) is 0 Å². The van der Waals surface area contributed by atoms with Gasteiger partial charge in [0, 0.05) is 12.2 Å². The highest BCUT2D eigenvalue weighted by molar-refractivity contribution is 5.99. The zero-order valence-electron chi connectivity index (χ0n) is 11.5. The molecule has 1 aromatic carbocycles. The molecule has 0 N–H and O–H groups in total. The van der Waals surface area contributed by atoms with Crippen molar-refractivity contribution in [2.75, 3.05) is 6.61 Å². The van der Waals surface area contributed by atoms with E-state index in [0.717, 1.165) is 12.0 Å². The second-order valence-electron chi connectivity index (χ2n) is 4.66. The Balaban J connectivity index is 2.20. The Morgan fingerprint density at radius 3 is 2.44 bits per heavy atom. The minimum Gasteiger partial charge on any atom is -0.370 e. The molecule has 2 nitrogen and oxygen atoms in total. The molecule has 18 heavy (non-hydrogen) atoms. The largest absolute Gasteiger partial charge is 0.370 e. The van der Waals surface area contributed by atoms with E-state index < -0.39 is 0 Å². The lowest BCUT2D eigenvalue weighted by molar-refractivity contribution is 0.0464. The molecule has 0 aliphatic rings. The van der Waals surface area contributed by atoms with Crippen LogP contribution in [0.5, 0.6) is 0 Å². The summed E-state index contributed by atoms with van der Waals surface area (Å²) in [7, 11) is 0. The molecule has 0 amide bonds. The predicted molar refractivity (Wildman–Crippen MR) is 74.9 cm³/mol. The zero-order valence-corrected chi connectivity index (χ0v) is 11.5. The Morgan fingerprint density at radius 2 is 1.78 bits per heavy atom. The average Bonchev–Trinajstić information content (AvgIpc) is 2.42. The molecule has 0 aromatic heterocycles. The molecule has 0 fully saturated rings. The second-order valence-corrected chi connectivity index (χ2v) is 4.66. The molecule has 1 atom stereocenters. The Labute approximate surface area is 110 Å². The first-order valence-corrected chi connectivity index (χ1v) is 6.96. The van der Waals surface area contributed by atoms with Gasteiger partial charge in [0.2, 0.25) is 0 Å². The Morgan fingerprint density at radius 1 is 1.11 bits per heavy atom. The van der Waals surface area contributed by atoms with Gasteiger partial charge < -0.3 is 4.74 Å². The number of hydrogen-bond donors (Lipinski definition) is 0. The summed E-state index contributed by atoms with van der Waals surface area (Å²) < 4.78 is 5.59. The number of carbonyl (C=O) groups excluding carboxylic acids is 1. The van der Waals surface area contributed by atoms with E-state index in [4.69, 9.17) is 4.74 Å². The zero-order chi connectivity index (χ0) is 13.2. The van der Waals surface area contributed by atoms with E-state index in [1.54, 1.807) is 0 Å². The summed E-state index contributed by atoms with van der Waals surface area (Å²) >= 11 is 0. The van der Waals surface area contributed by atoms with E-state index in [2.05, 4.69) is 6.92 Å². The number of ketones is 1. The molecule has 0 aliphatic carbocycles. The first kappa shape index (κ1) is 14.9. The van der Waals surface area contributed by atoms with Crippen LogP contribution in [0, 0.1) is 0 Å². The Kier molecular flexibility index (Phi) is 7.35. The van der Waals surface area contributed by atoms with Crippen molar-refractivity contribution in [3.8, 4) is 0 Å². The maximum Gasteiger partial charge on any atom is 0.191 e. The molecule has 0 bridgehead atoms. The monoisotopic (exact) mass is 248 g/mol. The van der Waals surface area contributed by atoms with Crippen LogP contribution in [0.2, 0.25) is 0 Å². The number of benzene rings is 1. The summed E-state index contributed by atoms with van der Waals surface area (Å²) in [6, 6.07) is 9.35. The van der Waals surface area contributed by atoms with Crippen molar-refractivity contribution in [3.05, 3.63) is 35.9 Å². The molecule has 1 unspecified atom stereocenters. The van der Waals surface area contributed by atoms with Gasteiger partial charge in [-0.25, -0.2) is 0 Å². The Hall–Kier alpha value is -1.15. The van der Waals surface area contributed by atoms with Crippen LogP contribution in [0.15, 0.2) is 30.3 Å². The summed E-state index contributed by atoms with van der Waals surface area (Å²) in [4.78, 5) is 12.0. The lowest BCUT2D eigenvalue weighted by Gasteiger charge is -2.12. The molecule has 0 saturated heterocycles. The van der Waals surface area contributed by atoms with Crippen LogP contribution < -0.4 is 0 Å². The normalized spacial score (nSPS) is 12.3. The van der Waals surface area contributed by atoms with Crippen molar-refractivity contribution >= 4 is 5.78 Å². The minimum atomic E-state index is -0.335. The van der Waals surface area contributed by atoms with Crippen LogP contribution in [0.3, 0.4) is 0 Å². The minimum absolute atomic E-state index is 0.0733. The van der Waals surface area contributed by atoms with Gasteiger partial charge in [-0.2, -0.15) is 0 Å². The molecular weight excluding hydrogens is 224 g/mol. The summed E-state index contributed by atoms with van der Waals surface area (Å²) in [6.07, 6.45) is 5.72. The smallest absolute Gasteiger partial charge is 0.191 e. The molecule has 2 heteroatoms. The molecule has 0 aliphatic heterocycles. The quantitative estimate of drug-likeness (QED) is 0.482. The van der Waals surface area contributed by atoms with Gasteiger partial charge in [0.1, 0.15) is 6.10 Å². The van der Waals surface area contributed by atoms with E-state index in [9.17, 15) is 4.79 Å². The van der Waals surface area contributed by atoms with Crippen LogP contribution in [0.1, 0.15) is 56.3 Å². The molecule has 1 rings (SSSR count). The van der Waals surface area contributed by atoms with Crippen LogP contribution >= 0.6 is 0 Å². The topological polar surface area (TPSA) is 26.3 Å². The standard InChI is InChI=1S/C16H24O2/c1-3-4-5-6-10-13-18-14(2)16(17)15-11-8-7-9-12-15/h7-9,11-12,14H,3-6,10,13H2,1-2H3. The number of ether oxygens (including phenoxy) is 1. The molecular formula is C16H24O2. The maximum atomic E-state index is 12.0. The third kappa shape index (κ3) is 5.46. The van der Waals surface area contributed by atoms with Crippen LogP contribution in [-0.4, -0.2) is 18.5 Å². The first-order valence-electron chi connectivity index (χ1n) is 6.96. The molecule has 1 aromatic rings.